The van der Waals surface area contributed by atoms with Crippen molar-refractivity contribution in [3.63, 3.8) is 0 Å². The van der Waals surface area contributed by atoms with Crippen LogP contribution in [0.2, 0.25) is 19.6 Å². The summed E-state index contributed by atoms with van der Waals surface area (Å²) in [5.74, 6) is 0. The lowest BCUT2D eigenvalue weighted by atomic mass is 10.3. The van der Waals surface area contributed by atoms with Gasteiger partial charge in [-0.2, -0.15) is 0 Å². The number of benzene rings is 1. The maximum atomic E-state index is 3.65. The van der Waals surface area contributed by atoms with Crippen LogP contribution in [0.4, 0.5) is 5.69 Å². The maximum absolute atomic E-state index is 3.65. The van der Waals surface area contributed by atoms with E-state index in [4.69, 9.17) is 0 Å². The van der Waals surface area contributed by atoms with Crippen molar-refractivity contribution in [2.75, 3.05) is 4.98 Å². The molecule has 72 valence electrons. The lowest BCUT2D eigenvalue weighted by Gasteiger charge is -2.20. The molecule has 13 heavy (non-hydrogen) atoms. The first-order valence-electron chi connectivity index (χ1n) is 4.73. The molecule has 0 heterocycles. The maximum Gasteiger partial charge on any atom is 0.144 e. The number of nitrogens with one attached hydrogen (secondary N) is 1. The van der Waals surface area contributed by atoms with Gasteiger partial charge in [0.05, 0.1) is 0 Å². The highest BCUT2D eigenvalue weighted by Crippen LogP contribution is 2.08. The number of anilines is 1. The Kier molecular flexibility index (Phi) is 3.15. The molecule has 0 bridgehead atoms. The van der Waals surface area contributed by atoms with Crippen molar-refractivity contribution in [1.82, 2.24) is 0 Å². The van der Waals surface area contributed by atoms with E-state index < -0.39 is 8.24 Å². The lowest BCUT2D eigenvalue weighted by molar-refractivity contribution is 1.60. The summed E-state index contributed by atoms with van der Waals surface area (Å²) in [7, 11) is 1.16. The summed E-state index contributed by atoms with van der Waals surface area (Å²) >= 11 is 0. The third-order valence-corrected chi connectivity index (χ3v) is 3.93. The molecular formula is C9H19NSi3. The second kappa shape index (κ2) is 3.81. The molecule has 0 atom stereocenters. The summed E-state index contributed by atoms with van der Waals surface area (Å²) in [6.45, 7) is 7.00. The van der Waals surface area contributed by atoms with Gasteiger partial charge in [-0.3, -0.25) is 0 Å². The number of rotatable bonds is 2. The van der Waals surface area contributed by atoms with Gasteiger partial charge in [-0.05, 0) is 12.1 Å². The summed E-state index contributed by atoms with van der Waals surface area (Å²) < 4.78 is 0. The molecule has 0 aromatic heterocycles. The molecule has 4 heteroatoms. The average Bonchev–Trinajstić information content (AvgIpc) is 1.78. The van der Waals surface area contributed by atoms with Gasteiger partial charge in [0.2, 0.25) is 0 Å². The Bertz CT molecular complexity index is 284. The lowest BCUT2D eigenvalue weighted by Crippen LogP contribution is -2.33. The van der Waals surface area contributed by atoms with Gasteiger partial charge in [0.15, 0.2) is 0 Å². The number of hydrogen-bond acceptors (Lipinski definition) is 1. The second-order valence-corrected chi connectivity index (χ2v) is 11.8. The zero-order valence-corrected chi connectivity index (χ0v) is 14.2. The zero-order chi connectivity index (χ0) is 10.1. The van der Waals surface area contributed by atoms with Gasteiger partial charge < -0.3 is 4.98 Å². The van der Waals surface area contributed by atoms with Gasteiger partial charge in [-0.25, -0.2) is 0 Å². The Balaban J connectivity index is 2.90. The van der Waals surface area contributed by atoms with Crippen LogP contribution in [0, 0.1) is 0 Å². The van der Waals surface area contributed by atoms with Crippen molar-refractivity contribution in [2.24, 2.45) is 0 Å². The third-order valence-electron chi connectivity index (χ3n) is 1.74. The minimum Gasteiger partial charge on any atom is -0.411 e. The summed E-state index contributed by atoms with van der Waals surface area (Å²) in [6, 6.07) is 6.92. The number of hydrogen-bond donors (Lipinski definition) is 1. The SMILES string of the molecule is C[Si](C)(C)Nc1cc([SiH3])cc([SiH3])c1. The Morgan fingerprint density at radius 3 is 1.85 bits per heavy atom. The van der Waals surface area contributed by atoms with E-state index in [0.717, 1.165) is 20.5 Å². The van der Waals surface area contributed by atoms with Crippen molar-refractivity contribution < 1.29 is 0 Å². The van der Waals surface area contributed by atoms with E-state index in [1.54, 1.807) is 0 Å². The predicted octanol–water partition coefficient (Wildman–Crippen LogP) is -1.09. The van der Waals surface area contributed by atoms with Gasteiger partial charge in [-0.1, -0.05) is 36.1 Å². The van der Waals surface area contributed by atoms with Crippen LogP contribution in [0.3, 0.4) is 0 Å². The molecule has 1 N–H and O–H groups in total. The van der Waals surface area contributed by atoms with E-state index in [1.807, 2.05) is 0 Å². The van der Waals surface area contributed by atoms with Crippen molar-refractivity contribution in [3.05, 3.63) is 18.2 Å². The molecule has 0 saturated heterocycles. The standard InChI is InChI=1S/C9H19NSi3/c1-13(2,3)10-7-4-8(11)6-9(12)5-7/h4-6,10H,1-3,11-12H3. The van der Waals surface area contributed by atoms with E-state index in [0.29, 0.717) is 0 Å². The molecule has 0 unspecified atom stereocenters. The Morgan fingerprint density at radius 2 is 1.46 bits per heavy atom. The van der Waals surface area contributed by atoms with Crippen molar-refractivity contribution in [2.45, 2.75) is 19.6 Å². The molecule has 0 fully saturated rings. The molecule has 1 aromatic rings. The highest BCUT2D eigenvalue weighted by Gasteiger charge is 2.12. The molecule has 0 aliphatic rings. The second-order valence-electron chi connectivity index (χ2n) is 4.75. The molecule has 0 aliphatic heterocycles. The Labute approximate surface area is 87.9 Å². The first kappa shape index (κ1) is 10.7. The molecule has 0 saturated carbocycles. The van der Waals surface area contributed by atoms with Crippen molar-refractivity contribution in [1.29, 1.82) is 0 Å². The average molecular weight is 226 g/mol. The van der Waals surface area contributed by atoms with E-state index in [2.05, 4.69) is 42.8 Å². The smallest absolute Gasteiger partial charge is 0.144 e. The first-order valence-corrected chi connectivity index (χ1v) is 10.2. The Morgan fingerprint density at radius 1 is 1.00 bits per heavy atom. The van der Waals surface area contributed by atoms with E-state index >= 15 is 0 Å². The van der Waals surface area contributed by atoms with Crippen LogP contribution in [0.5, 0.6) is 0 Å². The molecule has 1 rings (SSSR count). The van der Waals surface area contributed by atoms with Crippen LogP contribution in [0.1, 0.15) is 0 Å². The minimum atomic E-state index is -1.16. The largest absolute Gasteiger partial charge is 0.411 e. The third kappa shape index (κ3) is 3.93. The summed E-state index contributed by atoms with van der Waals surface area (Å²) in [6.07, 6.45) is 0. The van der Waals surface area contributed by atoms with Crippen molar-refractivity contribution >= 4 is 44.8 Å². The fraction of sp³-hybridized carbons (Fsp3) is 0.333. The molecule has 0 aliphatic carbocycles. The molecule has 0 spiro atoms. The summed E-state index contributed by atoms with van der Waals surface area (Å²) in [5, 5.41) is 3.02. The fourth-order valence-electron chi connectivity index (χ4n) is 1.48. The van der Waals surface area contributed by atoms with Gasteiger partial charge in [0, 0.05) is 26.2 Å². The van der Waals surface area contributed by atoms with Crippen LogP contribution in [0.15, 0.2) is 18.2 Å². The minimum absolute atomic E-state index is 1.16. The zero-order valence-electron chi connectivity index (χ0n) is 9.23. The van der Waals surface area contributed by atoms with Gasteiger partial charge in [-0.15, -0.1) is 0 Å². The van der Waals surface area contributed by atoms with Crippen LogP contribution in [0.25, 0.3) is 0 Å². The van der Waals surface area contributed by atoms with E-state index in [9.17, 15) is 0 Å². The fourth-order valence-corrected chi connectivity index (χ4v) is 4.60. The predicted molar refractivity (Wildman–Crippen MR) is 72.6 cm³/mol. The van der Waals surface area contributed by atoms with Crippen LogP contribution in [-0.4, -0.2) is 28.7 Å². The quantitative estimate of drug-likeness (QED) is 0.631. The summed E-state index contributed by atoms with van der Waals surface area (Å²) in [5.41, 5.74) is 1.34. The Hall–Kier alpha value is -0.329. The first-order chi connectivity index (χ1) is 5.87. The van der Waals surface area contributed by atoms with Crippen LogP contribution < -0.4 is 15.4 Å². The van der Waals surface area contributed by atoms with Gasteiger partial charge in [0.1, 0.15) is 8.24 Å². The van der Waals surface area contributed by atoms with Crippen molar-refractivity contribution in [3.8, 4) is 0 Å². The molecular weight excluding hydrogens is 206 g/mol. The monoisotopic (exact) mass is 225 g/mol. The normalized spacial score (nSPS) is 11.9. The summed E-state index contributed by atoms with van der Waals surface area (Å²) in [4.78, 5) is 3.65. The molecule has 1 aromatic carbocycles. The molecule has 0 amide bonds. The highest BCUT2D eigenvalue weighted by atomic mass is 28.3. The van der Waals surface area contributed by atoms with Crippen LogP contribution in [-0.2, 0) is 0 Å². The molecule has 1 nitrogen and oxygen atoms in total. The van der Waals surface area contributed by atoms with E-state index in [1.165, 1.54) is 16.1 Å². The highest BCUT2D eigenvalue weighted by molar-refractivity contribution is 6.79. The molecule has 0 radical (unpaired) electrons. The van der Waals surface area contributed by atoms with E-state index in [-0.39, 0.29) is 0 Å². The van der Waals surface area contributed by atoms with Crippen LogP contribution >= 0.6 is 0 Å². The van der Waals surface area contributed by atoms with Gasteiger partial charge in [0.25, 0.3) is 0 Å². The topological polar surface area (TPSA) is 12.0 Å². The van der Waals surface area contributed by atoms with Gasteiger partial charge >= 0.3 is 0 Å².